The molecule has 0 radical (unpaired) electrons. The molecule has 0 aromatic heterocycles. The number of hydrogen-bond acceptors (Lipinski definition) is 3. The number of carbonyl (C=O) groups excluding carboxylic acids is 1. The van der Waals surface area contributed by atoms with Crippen molar-refractivity contribution in [3.05, 3.63) is 71.8 Å². The maximum Gasteiger partial charge on any atom is 0.337 e. The van der Waals surface area contributed by atoms with E-state index in [1.165, 1.54) is 0 Å². The van der Waals surface area contributed by atoms with Crippen LogP contribution in [-0.2, 0) is 9.53 Å². The normalized spacial score (nSPS) is 12.6. The molecule has 0 heterocycles. The van der Waals surface area contributed by atoms with Gasteiger partial charge in [0.2, 0.25) is 6.04 Å². The summed E-state index contributed by atoms with van der Waals surface area (Å²) in [6, 6.07) is 16.0. The maximum absolute atomic E-state index is 13.5. The lowest BCUT2D eigenvalue weighted by Gasteiger charge is -2.22. The lowest BCUT2D eigenvalue weighted by molar-refractivity contribution is -0.159. The van der Waals surface area contributed by atoms with Gasteiger partial charge in [-0.25, -0.2) is 13.6 Å². The number of rotatable bonds is 5. The monoisotopic (exact) mass is 345 g/mol. The predicted octanol–water partition coefficient (Wildman–Crippen LogP) is 4.50. The van der Waals surface area contributed by atoms with Crippen LogP contribution in [0.1, 0.15) is 31.9 Å². The topological polar surface area (TPSA) is 38.7 Å². The number of halogens is 2. The van der Waals surface area contributed by atoms with Crippen molar-refractivity contribution in [2.45, 2.75) is 38.8 Å². The Balaban J connectivity index is 2.48. The number of aliphatic imine (C=N–C) groups is 1. The highest BCUT2D eigenvalue weighted by molar-refractivity contribution is 6.13. The quantitative estimate of drug-likeness (QED) is 0.591. The Morgan fingerprint density at radius 3 is 1.72 bits per heavy atom. The Hall–Kier alpha value is -2.56. The molecule has 2 aromatic carbocycles. The second-order valence-corrected chi connectivity index (χ2v) is 6.52. The van der Waals surface area contributed by atoms with Gasteiger partial charge in [0.15, 0.2) is 0 Å². The van der Waals surface area contributed by atoms with Crippen molar-refractivity contribution in [3.8, 4) is 0 Å². The first-order valence-corrected chi connectivity index (χ1v) is 7.97. The third-order valence-corrected chi connectivity index (χ3v) is 3.25. The minimum Gasteiger partial charge on any atom is -0.458 e. The van der Waals surface area contributed by atoms with Crippen LogP contribution >= 0.6 is 0 Å². The van der Waals surface area contributed by atoms with Gasteiger partial charge in [0, 0.05) is 11.1 Å². The van der Waals surface area contributed by atoms with Crippen molar-refractivity contribution < 1.29 is 18.3 Å². The number of nitrogens with zero attached hydrogens (tertiary/aromatic N) is 1. The molecule has 0 saturated carbocycles. The third kappa shape index (κ3) is 5.48. The second-order valence-electron chi connectivity index (χ2n) is 6.52. The molecule has 0 fully saturated rings. The summed E-state index contributed by atoms with van der Waals surface area (Å²) >= 11 is 0. The number of ether oxygens (including phenoxy) is 1. The summed E-state index contributed by atoms with van der Waals surface area (Å²) < 4.78 is 32.1. The summed E-state index contributed by atoms with van der Waals surface area (Å²) in [6.07, 6.45) is -2.96. The summed E-state index contributed by atoms with van der Waals surface area (Å²) in [5, 5.41) is 0. The van der Waals surface area contributed by atoms with Gasteiger partial charge >= 0.3 is 5.97 Å². The molecular weight excluding hydrogens is 324 g/mol. The van der Waals surface area contributed by atoms with E-state index in [1.54, 1.807) is 69.3 Å². The van der Waals surface area contributed by atoms with E-state index in [0.717, 1.165) is 0 Å². The Labute approximate surface area is 146 Å². The van der Waals surface area contributed by atoms with Crippen LogP contribution in [0.3, 0.4) is 0 Å². The molecule has 3 nitrogen and oxygen atoms in total. The Morgan fingerprint density at radius 2 is 1.36 bits per heavy atom. The van der Waals surface area contributed by atoms with E-state index in [4.69, 9.17) is 4.74 Å². The SMILES string of the molecule is CC(C)(C)OC(=O)C(N=C(c1ccccc1)c1ccccc1)C(F)F. The molecule has 0 saturated heterocycles. The summed E-state index contributed by atoms with van der Waals surface area (Å²) in [7, 11) is 0. The van der Waals surface area contributed by atoms with Crippen LogP contribution in [0.5, 0.6) is 0 Å². The molecule has 0 aliphatic carbocycles. The van der Waals surface area contributed by atoms with Gasteiger partial charge in [0.05, 0.1) is 5.71 Å². The van der Waals surface area contributed by atoms with Gasteiger partial charge in [-0.05, 0) is 20.8 Å². The molecule has 0 amide bonds. The molecule has 1 atom stereocenters. The van der Waals surface area contributed by atoms with Crippen molar-refractivity contribution in [1.29, 1.82) is 0 Å². The van der Waals surface area contributed by atoms with Crippen LogP contribution in [0.15, 0.2) is 65.7 Å². The van der Waals surface area contributed by atoms with Crippen molar-refractivity contribution in [2.24, 2.45) is 4.99 Å². The summed E-state index contributed by atoms with van der Waals surface area (Å²) in [4.78, 5) is 16.3. The van der Waals surface area contributed by atoms with E-state index in [9.17, 15) is 13.6 Å². The summed E-state index contributed by atoms with van der Waals surface area (Å²) in [6.45, 7) is 4.89. The highest BCUT2D eigenvalue weighted by Crippen LogP contribution is 2.18. The Kier molecular flexibility index (Phi) is 6.02. The van der Waals surface area contributed by atoms with Crippen LogP contribution in [0, 0.1) is 0 Å². The molecule has 2 rings (SSSR count). The van der Waals surface area contributed by atoms with Gasteiger partial charge in [-0.15, -0.1) is 0 Å². The highest BCUT2D eigenvalue weighted by Gasteiger charge is 2.33. The van der Waals surface area contributed by atoms with E-state index < -0.39 is 24.0 Å². The van der Waals surface area contributed by atoms with E-state index in [1.807, 2.05) is 12.1 Å². The van der Waals surface area contributed by atoms with Crippen LogP contribution in [0.25, 0.3) is 0 Å². The standard InChI is InChI=1S/C20H21F2NO2/c1-20(2,3)25-19(24)17(18(21)22)23-16(14-10-6-4-7-11-14)15-12-8-5-9-13-15/h4-13,17-18H,1-3H3. The van der Waals surface area contributed by atoms with Crippen molar-refractivity contribution >= 4 is 11.7 Å². The van der Waals surface area contributed by atoms with Crippen LogP contribution in [0.2, 0.25) is 0 Å². The average Bonchev–Trinajstić information content (AvgIpc) is 2.55. The first-order valence-electron chi connectivity index (χ1n) is 7.97. The van der Waals surface area contributed by atoms with Gasteiger partial charge in [-0.2, -0.15) is 0 Å². The van der Waals surface area contributed by atoms with Crippen molar-refractivity contribution in [3.63, 3.8) is 0 Å². The zero-order valence-electron chi connectivity index (χ0n) is 14.4. The lowest BCUT2D eigenvalue weighted by atomic mass is 10.0. The highest BCUT2D eigenvalue weighted by atomic mass is 19.3. The molecule has 0 spiro atoms. The summed E-state index contributed by atoms with van der Waals surface area (Å²) in [5.74, 6) is -1.04. The molecule has 2 aromatic rings. The zero-order valence-corrected chi connectivity index (χ0v) is 14.4. The van der Waals surface area contributed by atoms with E-state index in [-0.39, 0.29) is 0 Å². The minimum atomic E-state index is -2.96. The van der Waals surface area contributed by atoms with Gasteiger partial charge in [0.1, 0.15) is 5.60 Å². The molecule has 0 bridgehead atoms. The largest absolute Gasteiger partial charge is 0.458 e. The fourth-order valence-corrected chi connectivity index (χ4v) is 2.22. The van der Waals surface area contributed by atoms with Gasteiger partial charge in [-0.1, -0.05) is 60.7 Å². The van der Waals surface area contributed by atoms with Gasteiger partial charge < -0.3 is 4.74 Å². The third-order valence-electron chi connectivity index (χ3n) is 3.25. The number of hydrogen-bond donors (Lipinski definition) is 0. The fraction of sp³-hybridized carbons (Fsp3) is 0.300. The van der Waals surface area contributed by atoms with Gasteiger partial charge in [-0.3, -0.25) is 4.99 Å². The first-order chi connectivity index (χ1) is 11.8. The van der Waals surface area contributed by atoms with Crippen molar-refractivity contribution in [1.82, 2.24) is 0 Å². The van der Waals surface area contributed by atoms with Crippen LogP contribution < -0.4 is 0 Å². The van der Waals surface area contributed by atoms with E-state index in [0.29, 0.717) is 16.8 Å². The lowest BCUT2D eigenvalue weighted by Crippen LogP contribution is -2.35. The smallest absolute Gasteiger partial charge is 0.337 e. The Bertz CT molecular complexity index is 681. The molecule has 132 valence electrons. The second kappa shape index (κ2) is 8.01. The average molecular weight is 345 g/mol. The molecule has 0 aliphatic rings. The van der Waals surface area contributed by atoms with Gasteiger partial charge in [0.25, 0.3) is 6.43 Å². The van der Waals surface area contributed by atoms with Crippen molar-refractivity contribution in [2.75, 3.05) is 0 Å². The number of esters is 1. The molecule has 25 heavy (non-hydrogen) atoms. The molecular formula is C20H21F2NO2. The van der Waals surface area contributed by atoms with E-state index >= 15 is 0 Å². The van der Waals surface area contributed by atoms with E-state index in [2.05, 4.69) is 4.99 Å². The first kappa shape index (κ1) is 18.8. The zero-order chi connectivity index (χ0) is 18.4. The summed E-state index contributed by atoms with van der Waals surface area (Å²) in [5.41, 5.74) is 0.780. The Morgan fingerprint density at radius 1 is 0.920 bits per heavy atom. The fourth-order valence-electron chi connectivity index (χ4n) is 2.22. The number of benzene rings is 2. The minimum absolute atomic E-state index is 0.331. The number of carbonyl (C=O) groups is 1. The number of alkyl halides is 2. The van der Waals surface area contributed by atoms with Crippen LogP contribution in [-0.4, -0.2) is 29.7 Å². The molecule has 5 heteroatoms. The predicted molar refractivity (Wildman–Crippen MR) is 94.2 cm³/mol. The molecule has 0 aliphatic heterocycles. The molecule has 1 unspecified atom stereocenters. The molecule has 0 N–H and O–H groups in total. The maximum atomic E-state index is 13.5. The van der Waals surface area contributed by atoms with Crippen LogP contribution in [0.4, 0.5) is 8.78 Å².